The molecule has 1 heterocycles. The van der Waals surface area contributed by atoms with Gasteiger partial charge in [0.25, 0.3) is 0 Å². The lowest BCUT2D eigenvalue weighted by atomic mass is 9.87. The summed E-state index contributed by atoms with van der Waals surface area (Å²) >= 11 is 6.45. The molecule has 1 aromatic heterocycles. The molecule has 10 heteroatoms. The van der Waals surface area contributed by atoms with Gasteiger partial charge >= 0.3 is 6.18 Å². The monoisotopic (exact) mass is 379 g/mol. The zero-order chi connectivity index (χ0) is 17.3. The Hall–Kier alpha value is -0.350. The van der Waals surface area contributed by atoms with Gasteiger partial charge < -0.3 is 5.11 Å². The smallest absolute Gasteiger partial charge is 0.389 e. The van der Waals surface area contributed by atoms with E-state index in [1.165, 1.54) is 32.9 Å². The summed E-state index contributed by atoms with van der Waals surface area (Å²) in [6.45, 7) is 3.75. The van der Waals surface area contributed by atoms with Gasteiger partial charge in [-0.1, -0.05) is 18.5 Å². The molecule has 0 bridgehead atoms. The van der Waals surface area contributed by atoms with Gasteiger partial charge in [0, 0.05) is 6.42 Å². The Morgan fingerprint density at radius 1 is 1.36 bits per heavy atom. The van der Waals surface area contributed by atoms with Crippen molar-refractivity contribution in [1.29, 1.82) is 0 Å². The summed E-state index contributed by atoms with van der Waals surface area (Å²) in [5.74, 6) is -1.15. The molecule has 0 spiro atoms. The normalized spacial score (nSPS) is 16.5. The van der Waals surface area contributed by atoms with Gasteiger partial charge in [-0.15, -0.1) is 11.3 Å². The van der Waals surface area contributed by atoms with E-state index in [-0.39, 0.29) is 8.55 Å². The van der Waals surface area contributed by atoms with Crippen LogP contribution in [-0.2, 0) is 10.0 Å². The number of aliphatic hydroxyl groups is 1. The molecule has 0 unspecified atom stereocenters. The minimum absolute atomic E-state index is 0.119. The minimum Gasteiger partial charge on any atom is -0.389 e. The largest absolute Gasteiger partial charge is 0.389 e. The fourth-order valence-corrected chi connectivity index (χ4v) is 5.09. The molecule has 4 nitrogen and oxygen atoms in total. The van der Waals surface area contributed by atoms with Crippen LogP contribution >= 0.6 is 22.9 Å². The van der Waals surface area contributed by atoms with Crippen molar-refractivity contribution in [3.63, 3.8) is 0 Å². The molecule has 0 radical (unpaired) electrons. The molecule has 0 saturated heterocycles. The zero-order valence-corrected chi connectivity index (χ0v) is 14.5. The summed E-state index contributed by atoms with van der Waals surface area (Å²) < 4.78 is 64.3. The highest BCUT2D eigenvalue weighted by molar-refractivity contribution is 7.91. The second-order valence-corrected chi connectivity index (χ2v) is 9.26. The van der Waals surface area contributed by atoms with Gasteiger partial charge in [0.1, 0.15) is 4.21 Å². The van der Waals surface area contributed by atoms with Crippen molar-refractivity contribution in [3.8, 4) is 0 Å². The first kappa shape index (κ1) is 19.7. The number of rotatable bonds is 6. The van der Waals surface area contributed by atoms with Crippen LogP contribution in [0.4, 0.5) is 13.2 Å². The van der Waals surface area contributed by atoms with Gasteiger partial charge in [0.05, 0.1) is 16.0 Å². The number of halogens is 4. The van der Waals surface area contributed by atoms with Crippen LogP contribution < -0.4 is 4.72 Å². The van der Waals surface area contributed by atoms with Gasteiger partial charge in [-0.05, 0) is 31.9 Å². The third kappa shape index (κ3) is 5.69. The predicted octanol–water partition coefficient (Wildman–Crippen LogP) is 3.41. The lowest BCUT2D eigenvalue weighted by Crippen LogP contribution is -2.53. The zero-order valence-electron chi connectivity index (χ0n) is 12.1. The van der Waals surface area contributed by atoms with Crippen LogP contribution in [0, 0.1) is 5.92 Å². The lowest BCUT2D eigenvalue weighted by molar-refractivity contribution is -0.149. The van der Waals surface area contributed by atoms with Crippen molar-refractivity contribution in [2.75, 3.05) is 0 Å². The van der Waals surface area contributed by atoms with E-state index in [0.29, 0.717) is 0 Å². The molecule has 128 valence electrons. The number of nitrogens with one attached hydrogen (secondary N) is 1. The number of hydrogen-bond acceptors (Lipinski definition) is 4. The fraction of sp³-hybridized carbons (Fsp3) is 0.667. The second-order valence-electron chi connectivity index (χ2n) is 5.61. The van der Waals surface area contributed by atoms with E-state index < -0.39 is 40.2 Å². The van der Waals surface area contributed by atoms with Crippen LogP contribution in [-0.4, -0.2) is 31.3 Å². The molecule has 0 aliphatic heterocycles. The van der Waals surface area contributed by atoms with Crippen molar-refractivity contribution in [3.05, 3.63) is 16.5 Å². The van der Waals surface area contributed by atoms with Crippen LogP contribution in [0.2, 0.25) is 4.34 Å². The van der Waals surface area contributed by atoms with E-state index in [1.807, 2.05) is 0 Å². The number of thiophene rings is 1. The molecule has 1 aromatic rings. The summed E-state index contributed by atoms with van der Waals surface area (Å²) in [6, 6.07) is 1.32. The van der Waals surface area contributed by atoms with Crippen molar-refractivity contribution in [2.45, 2.75) is 49.2 Å². The Morgan fingerprint density at radius 3 is 2.27 bits per heavy atom. The Kier molecular flexibility index (Phi) is 5.95. The molecule has 0 aliphatic carbocycles. The highest BCUT2D eigenvalue weighted by Crippen LogP contribution is 2.32. The van der Waals surface area contributed by atoms with Gasteiger partial charge in [-0.3, -0.25) is 0 Å². The first-order chi connectivity index (χ1) is 9.72. The van der Waals surface area contributed by atoms with E-state index in [0.717, 1.165) is 11.3 Å². The van der Waals surface area contributed by atoms with Gasteiger partial charge in [0.15, 0.2) is 0 Å². The Bertz CT molecular complexity index is 608. The fourth-order valence-electron chi connectivity index (χ4n) is 2.11. The quantitative estimate of drug-likeness (QED) is 0.796. The molecule has 0 saturated carbocycles. The van der Waals surface area contributed by atoms with Crippen LogP contribution in [0.1, 0.15) is 27.2 Å². The summed E-state index contributed by atoms with van der Waals surface area (Å²) in [7, 11) is -4.07. The first-order valence-corrected chi connectivity index (χ1v) is 8.97. The highest BCUT2D eigenvalue weighted by Gasteiger charge is 2.41. The van der Waals surface area contributed by atoms with Crippen molar-refractivity contribution < 1.29 is 26.7 Å². The van der Waals surface area contributed by atoms with Crippen molar-refractivity contribution in [2.24, 2.45) is 5.92 Å². The highest BCUT2D eigenvalue weighted by atomic mass is 35.5. The van der Waals surface area contributed by atoms with Crippen molar-refractivity contribution in [1.82, 2.24) is 4.72 Å². The molecule has 1 rings (SSSR count). The summed E-state index contributed by atoms with van der Waals surface area (Å²) in [6.07, 6.45) is -5.67. The third-order valence-electron chi connectivity index (χ3n) is 2.98. The molecule has 0 aromatic carbocycles. The molecular weight excluding hydrogens is 363 g/mol. The van der Waals surface area contributed by atoms with Crippen LogP contribution in [0.25, 0.3) is 0 Å². The summed E-state index contributed by atoms with van der Waals surface area (Å²) in [5.41, 5.74) is -1.67. The molecule has 0 fully saturated rings. The maximum atomic E-state index is 12.5. The average molecular weight is 380 g/mol. The minimum atomic E-state index is -4.46. The van der Waals surface area contributed by atoms with Crippen molar-refractivity contribution >= 4 is 33.0 Å². The van der Waals surface area contributed by atoms with E-state index in [1.54, 1.807) is 0 Å². The van der Waals surface area contributed by atoms with Gasteiger partial charge in [-0.2, -0.15) is 13.2 Å². The molecule has 2 N–H and O–H groups in total. The number of alkyl halides is 3. The van der Waals surface area contributed by atoms with Gasteiger partial charge in [0.2, 0.25) is 10.0 Å². The van der Waals surface area contributed by atoms with E-state index in [9.17, 15) is 26.7 Å². The SMILES string of the molecule is C[C@H](CC(F)(F)F)[C@H](NS(=O)(=O)c1ccc(Cl)s1)C(C)(C)O. The Labute approximate surface area is 136 Å². The maximum absolute atomic E-state index is 12.5. The van der Waals surface area contributed by atoms with Crippen LogP contribution in [0.3, 0.4) is 0 Å². The van der Waals surface area contributed by atoms with E-state index >= 15 is 0 Å². The lowest BCUT2D eigenvalue weighted by Gasteiger charge is -2.34. The summed E-state index contributed by atoms with van der Waals surface area (Å²) in [5, 5.41) is 10.0. The third-order valence-corrected chi connectivity index (χ3v) is 6.14. The van der Waals surface area contributed by atoms with E-state index in [2.05, 4.69) is 4.72 Å². The number of hydrogen-bond donors (Lipinski definition) is 2. The van der Waals surface area contributed by atoms with Crippen LogP contribution in [0.15, 0.2) is 16.3 Å². The predicted molar refractivity (Wildman–Crippen MR) is 79.6 cm³/mol. The Balaban J connectivity index is 3.05. The second kappa shape index (κ2) is 6.64. The van der Waals surface area contributed by atoms with Gasteiger partial charge in [-0.25, -0.2) is 13.1 Å². The molecule has 0 amide bonds. The van der Waals surface area contributed by atoms with E-state index in [4.69, 9.17) is 11.6 Å². The molecule has 0 aliphatic rings. The topological polar surface area (TPSA) is 66.4 Å². The first-order valence-electron chi connectivity index (χ1n) is 6.29. The molecular formula is C12H17ClF3NO3S2. The Morgan fingerprint density at radius 2 is 1.91 bits per heavy atom. The van der Waals surface area contributed by atoms with Crippen LogP contribution in [0.5, 0.6) is 0 Å². The summed E-state index contributed by atoms with van der Waals surface area (Å²) in [4.78, 5) is 0. The number of sulfonamides is 1. The maximum Gasteiger partial charge on any atom is 0.389 e. The molecule has 22 heavy (non-hydrogen) atoms. The average Bonchev–Trinajstić information content (AvgIpc) is 2.69. The standard InChI is InChI=1S/C12H17ClF3NO3S2/c1-7(6-12(14,15)16)10(11(2,3)18)17-22(19,20)9-5-4-8(13)21-9/h4-5,7,10,17-18H,6H2,1-3H3/t7-,10+/m1/s1. The molecule has 2 atom stereocenters.